The topological polar surface area (TPSA) is 71.4 Å². The van der Waals surface area contributed by atoms with Crippen molar-refractivity contribution < 1.29 is 19.5 Å². The van der Waals surface area contributed by atoms with Crippen molar-refractivity contribution in [2.24, 2.45) is 50.2 Å². The summed E-state index contributed by atoms with van der Waals surface area (Å²) >= 11 is 0. The molecule has 4 heteroatoms. The molecule has 0 saturated heterocycles. The summed E-state index contributed by atoms with van der Waals surface area (Å²) in [6.45, 7) is 15.7. The second-order valence-corrected chi connectivity index (χ2v) is 14.6. The molecule has 0 bridgehead atoms. The normalized spacial score (nSPS) is 49.1. The average molecular weight is 469 g/mol. The van der Waals surface area contributed by atoms with Crippen molar-refractivity contribution >= 4 is 17.5 Å². The number of hydrogen-bond acceptors (Lipinski definition) is 3. The fraction of sp³-hybridized carbons (Fsp3) is 0.833. The summed E-state index contributed by atoms with van der Waals surface area (Å²) in [7, 11) is 0. The molecular weight excluding hydrogens is 424 g/mol. The molecule has 0 aromatic heterocycles. The minimum absolute atomic E-state index is 0.0599. The maximum atomic E-state index is 13.0. The Balaban J connectivity index is 1.61. The first-order valence-corrected chi connectivity index (χ1v) is 13.6. The molecule has 0 aromatic rings. The Kier molecular flexibility index (Phi) is 4.89. The number of ketones is 2. The number of hydrogen-bond donors (Lipinski definition) is 1. The molecule has 5 rings (SSSR count). The lowest BCUT2D eigenvalue weighted by Crippen LogP contribution is -2.65. The first-order valence-electron chi connectivity index (χ1n) is 13.6. The van der Waals surface area contributed by atoms with E-state index in [1.807, 2.05) is 13.8 Å². The van der Waals surface area contributed by atoms with Crippen LogP contribution in [0, 0.1) is 50.2 Å². The highest BCUT2D eigenvalue weighted by molar-refractivity contribution is 5.92. The summed E-state index contributed by atoms with van der Waals surface area (Å²) in [6.07, 6.45) is 9.47. The minimum Gasteiger partial charge on any atom is -0.481 e. The third-order valence-electron chi connectivity index (χ3n) is 12.7. The van der Waals surface area contributed by atoms with Crippen LogP contribution in [0.3, 0.4) is 0 Å². The number of fused-ring (bicyclic) bond motifs is 7. The van der Waals surface area contributed by atoms with Crippen LogP contribution in [0.5, 0.6) is 0 Å². The number of rotatable bonds is 1. The molecule has 4 fully saturated rings. The largest absolute Gasteiger partial charge is 0.481 e. The van der Waals surface area contributed by atoms with E-state index >= 15 is 0 Å². The quantitative estimate of drug-likeness (QED) is 0.439. The second-order valence-electron chi connectivity index (χ2n) is 14.6. The highest BCUT2D eigenvalue weighted by Gasteiger charge is 2.69. The molecule has 7 atom stereocenters. The maximum absolute atomic E-state index is 13.0. The van der Waals surface area contributed by atoms with Crippen molar-refractivity contribution in [3.8, 4) is 0 Å². The number of allylic oxidation sites excluding steroid dienone is 2. The maximum Gasteiger partial charge on any atom is 0.310 e. The van der Waals surface area contributed by atoms with Crippen molar-refractivity contribution in [2.45, 2.75) is 106 Å². The molecule has 0 aromatic carbocycles. The zero-order valence-electron chi connectivity index (χ0n) is 22.3. The standard InChI is InChI=1S/C30H44O4/c1-25(2)16-19-18-8-9-21-27(5)12-11-22(31)26(3,4)20(27)10-13-29(21,7)28(18,6)14-15-30(19,24(33)34)17-23(25)32/h8,19-21H,9-17H2,1-7H3,(H,33,34)/t19-,20?,21+,27-,28+,29+,30+/m0/s1. The summed E-state index contributed by atoms with van der Waals surface area (Å²) in [4.78, 5) is 38.6. The number of Topliss-reactive ketones (excluding diaryl/α,β-unsaturated/α-hetero) is 2. The Morgan fingerprint density at radius 1 is 0.912 bits per heavy atom. The van der Waals surface area contributed by atoms with Gasteiger partial charge in [-0.15, -0.1) is 0 Å². The Morgan fingerprint density at radius 3 is 2.24 bits per heavy atom. The summed E-state index contributed by atoms with van der Waals surface area (Å²) in [5.74, 6) is 0.595. The van der Waals surface area contributed by atoms with E-state index in [0.717, 1.165) is 32.1 Å². The molecule has 0 radical (unpaired) electrons. The van der Waals surface area contributed by atoms with Gasteiger partial charge >= 0.3 is 5.97 Å². The van der Waals surface area contributed by atoms with E-state index in [1.54, 1.807) is 0 Å². The van der Waals surface area contributed by atoms with Crippen LogP contribution in [0.2, 0.25) is 0 Å². The second kappa shape index (κ2) is 6.85. The first kappa shape index (κ1) is 24.3. The van der Waals surface area contributed by atoms with Gasteiger partial charge in [-0.25, -0.2) is 0 Å². The molecular formula is C30H44O4. The van der Waals surface area contributed by atoms with Crippen molar-refractivity contribution in [1.82, 2.24) is 0 Å². The summed E-state index contributed by atoms with van der Waals surface area (Å²) in [5.41, 5.74) is -0.200. The van der Waals surface area contributed by atoms with E-state index in [9.17, 15) is 19.5 Å². The molecule has 1 unspecified atom stereocenters. The molecule has 0 amide bonds. The molecule has 4 nitrogen and oxygen atoms in total. The molecule has 34 heavy (non-hydrogen) atoms. The van der Waals surface area contributed by atoms with Gasteiger partial charge in [0, 0.05) is 23.7 Å². The fourth-order valence-electron chi connectivity index (χ4n) is 10.2. The molecule has 188 valence electrons. The zero-order chi connectivity index (χ0) is 25.1. The summed E-state index contributed by atoms with van der Waals surface area (Å²) < 4.78 is 0. The van der Waals surface area contributed by atoms with Crippen LogP contribution in [0.25, 0.3) is 0 Å². The number of carbonyl (C=O) groups is 3. The van der Waals surface area contributed by atoms with Gasteiger partial charge in [-0.05, 0) is 78.9 Å². The number of carboxylic acid groups (broad SMARTS) is 1. The molecule has 1 N–H and O–H groups in total. The van der Waals surface area contributed by atoms with E-state index < -0.39 is 16.8 Å². The van der Waals surface area contributed by atoms with Crippen molar-refractivity contribution in [3.63, 3.8) is 0 Å². The van der Waals surface area contributed by atoms with Gasteiger partial charge in [0.2, 0.25) is 0 Å². The Labute approximate surface area is 205 Å². The SMILES string of the molecule is CC1(C)C[C@H]2C3=CC[C@@H]4[C@@]5(C)CCC(=O)C(C)(C)C5CC[C@@]4(C)[C@]3(C)CC[C@@]2(C(=O)O)CC1=O. The van der Waals surface area contributed by atoms with Gasteiger partial charge in [0.25, 0.3) is 0 Å². The van der Waals surface area contributed by atoms with Crippen molar-refractivity contribution in [1.29, 1.82) is 0 Å². The monoisotopic (exact) mass is 468 g/mol. The van der Waals surface area contributed by atoms with Crippen LogP contribution >= 0.6 is 0 Å². The molecule has 5 aliphatic rings. The van der Waals surface area contributed by atoms with Crippen LogP contribution < -0.4 is 0 Å². The van der Waals surface area contributed by atoms with E-state index in [2.05, 4.69) is 40.7 Å². The Bertz CT molecular complexity index is 1000. The molecule has 0 spiro atoms. The lowest BCUT2D eigenvalue weighted by atomic mass is 9.33. The van der Waals surface area contributed by atoms with Crippen LogP contribution in [0.4, 0.5) is 0 Å². The highest BCUT2D eigenvalue weighted by Crippen LogP contribution is 2.75. The van der Waals surface area contributed by atoms with Crippen LogP contribution in [-0.2, 0) is 14.4 Å². The fourth-order valence-corrected chi connectivity index (χ4v) is 10.2. The van der Waals surface area contributed by atoms with Gasteiger partial charge in [0.1, 0.15) is 11.6 Å². The Hall–Kier alpha value is -1.45. The predicted molar refractivity (Wildman–Crippen MR) is 132 cm³/mol. The zero-order valence-corrected chi connectivity index (χ0v) is 22.3. The molecule has 5 aliphatic carbocycles. The highest BCUT2D eigenvalue weighted by atomic mass is 16.4. The van der Waals surface area contributed by atoms with E-state index in [-0.39, 0.29) is 39.8 Å². The smallest absolute Gasteiger partial charge is 0.310 e. The molecule has 0 heterocycles. The van der Waals surface area contributed by atoms with Crippen LogP contribution in [0.15, 0.2) is 11.6 Å². The summed E-state index contributed by atoms with van der Waals surface area (Å²) in [6, 6.07) is 0. The lowest BCUT2D eigenvalue weighted by molar-refractivity contribution is -0.190. The Morgan fingerprint density at radius 2 is 1.59 bits per heavy atom. The van der Waals surface area contributed by atoms with Crippen LogP contribution in [0.1, 0.15) is 106 Å². The van der Waals surface area contributed by atoms with Crippen molar-refractivity contribution in [2.75, 3.05) is 0 Å². The van der Waals surface area contributed by atoms with E-state index in [1.165, 1.54) is 5.57 Å². The minimum atomic E-state index is -0.943. The van der Waals surface area contributed by atoms with Gasteiger partial charge < -0.3 is 5.11 Å². The average Bonchev–Trinajstić information content (AvgIpc) is 2.72. The number of carbonyl (C=O) groups excluding carboxylic acids is 2. The van der Waals surface area contributed by atoms with E-state index in [0.29, 0.717) is 36.9 Å². The molecule has 0 aliphatic heterocycles. The number of carboxylic acids is 1. The number of aliphatic carboxylic acids is 1. The van der Waals surface area contributed by atoms with Gasteiger partial charge in [-0.1, -0.05) is 60.1 Å². The predicted octanol–water partition coefficient (Wildman–Crippen LogP) is 6.62. The van der Waals surface area contributed by atoms with Crippen molar-refractivity contribution in [3.05, 3.63) is 11.6 Å². The van der Waals surface area contributed by atoms with Gasteiger partial charge in [-0.2, -0.15) is 0 Å². The van der Waals surface area contributed by atoms with Gasteiger partial charge in [-0.3, -0.25) is 14.4 Å². The third-order valence-corrected chi connectivity index (χ3v) is 12.7. The summed E-state index contributed by atoms with van der Waals surface area (Å²) in [5, 5.41) is 10.4. The third kappa shape index (κ3) is 2.69. The van der Waals surface area contributed by atoms with Gasteiger partial charge in [0.05, 0.1) is 5.41 Å². The van der Waals surface area contributed by atoms with Gasteiger partial charge in [0.15, 0.2) is 0 Å². The van der Waals surface area contributed by atoms with E-state index in [4.69, 9.17) is 0 Å². The lowest BCUT2D eigenvalue weighted by Gasteiger charge is -2.70. The molecule has 4 saturated carbocycles. The first-order chi connectivity index (χ1) is 15.6. The van der Waals surface area contributed by atoms with Crippen LogP contribution in [-0.4, -0.2) is 22.6 Å².